The summed E-state index contributed by atoms with van der Waals surface area (Å²) >= 11 is 9.71. The Balaban J connectivity index is 1.82. The van der Waals surface area contributed by atoms with Crippen molar-refractivity contribution in [2.75, 3.05) is 18.0 Å². The van der Waals surface area contributed by atoms with Gasteiger partial charge in [-0.05, 0) is 40.9 Å². The van der Waals surface area contributed by atoms with E-state index in [1.807, 2.05) is 17.7 Å². The van der Waals surface area contributed by atoms with Gasteiger partial charge in [-0.25, -0.2) is 0 Å². The predicted octanol–water partition coefficient (Wildman–Crippen LogP) is 3.49. The third-order valence-corrected chi connectivity index (χ3v) is 5.07. The molecule has 1 aromatic carbocycles. The highest BCUT2D eigenvalue weighted by Crippen LogP contribution is 2.37. The fourth-order valence-electron chi connectivity index (χ4n) is 2.98. The number of anilines is 1. The summed E-state index contributed by atoms with van der Waals surface area (Å²) in [4.78, 5) is 2.22. The van der Waals surface area contributed by atoms with Gasteiger partial charge in [0.25, 0.3) is 0 Å². The van der Waals surface area contributed by atoms with Crippen LogP contribution in [0.15, 0.2) is 22.9 Å². The third-order valence-electron chi connectivity index (χ3n) is 4.11. The van der Waals surface area contributed by atoms with Gasteiger partial charge >= 0.3 is 0 Å². The number of benzene rings is 1. The first kappa shape index (κ1) is 15.3. The van der Waals surface area contributed by atoms with E-state index >= 15 is 0 Å². The lowest BCUT2D eigenvalue weighted by atomic mass is 9.95. The summed E-state index contributed by atoms with van der Waals surface area (Å²) in [6.45, 7) is 1.73. The number of nitriles is 1. The van der Waals surface area contributed by atoms with E-state index in [2.05, 4.69) is 37.1 Å². The molecule has 0 spiro atoms. The van der Waals surface area contributed by atoms with E-state index in [0.29, 0.717) is 16.5 Å². The quantitative estimate of drug-likeness (QED) is 0.800. The summed E-state index contributed by atoms with van der Waals surface area (Å²) < 4.78 is 2.89. The van der Waals surface area contributed by atoms with Gasteiger partial charge in [0.2, 0.25) is 0 Å². The van der Waals surface area contributed by atoms with Crippen molar-refractivity contribution in [2.45, 2.75) is 18.8 Å². The van der Waals surface area contributed by atoms with Crippen LogP contribution in [0.2, 0.25) is 5.02 Å². The molecule has 0 saturated carbocycles. The van der Waals surface area contributed by atoms with Crippen LogP contribution in [-0.2, 0) is 7.05 Å². The first-order valence-corrected chi connectivity index (χ1v) is 8.26. The molecular formula is C15H15BrClN5. The van der Waals surface area contributed by atoms with Gasteiger partial charge in [-0.15, -0.1) is 10.2 Å². The van der Waals surface area contributed by atoms with Crippen molar-refractivity contribution in [1.29, 1.82) is 5.26 Å². The second-order valence-corrected chi connectivity index (χ2v) is 6.69. The SMILES string of the molecule is Cn1cnnc1C1CCN(c2c(Br)ccc(Cl)c2C#N)CC1. The zero-order valence-electron chi connectivity index (χ0n) is 12.1. The summed E-state index contributed by atoms with van der Waals surface area (Å²) in [5, 5.41) is 18.1. The molecule has 5 nitrogen and oxygen atoms in total. The summed E-state index contributed by atoms with van der Waals surface area (Å²) in [5.41, 5.74) is 1.43. The molecule has 1 saturated heterocycles. The second kappa shape index (κ2) is 6.27. The fourth-order valence-corrected chi connectivity index (χ4v) is 3.76. The molecule has 7 heteroatoms. The first-order chi connectivity index (χ1) is 10.6. The van der Waals surface area contributed by atoms with Crippen LogP contribution in [0.5, 0.6) is 0 Å². The Morgan fingerprint density at radius 3 is 2.68 bits per heavy atom. The molecule has 2 aromatic rings. The molecule has 2 heterocycles. The van der Waals surface area contributed by atoms with Crippen LogP contribution in [0.1, 0.15) is 30.1 Å². The standard InChI is InChI=1S/C15H15BrClN5/c1-21-9-19-20-15(21)10-4-6-22(7-5-10)14-11(8-18)13(17)3-2-12(14)16/h2-3,9-10H,4-7H2,1H3. The van der Waals surface area contributed by atoms with E-state index in [-0.39, 0.29) is 0 Å². The van der Waals surface area contributed by atoms with E-state index in [1.54, 1.807) is 12.4 Å². The molecule has 3 rings (SSSR count). The number of aryl methyl sites for hydroxylation is 1. The van der Waals surface area contributed by atoms with Gasteiger partial charge in [-0.1, -0.05) is 11.6 Å². The minimum Gasteiger partial charge on any atom is -0.369 e. The first-order valence-electron chi connectivity index (χ1n) is 7.08. The number of hydrogen-bond acceptors (Lipinski definition) is 4. The monoisotopic (exact) mass is 379 g/mol. The topological polar surface area (TPSA) is 57.7 Å². The van der Waals surface area contributed by atoms with Gasteiger partial charge in [-0.2, -0.15) is 5.26 Å². The normalized spacial score (nSPS) is 15.8. The molecule has 1 aromatic heterocycles. The number of rotatable bonds is 2. The second-order valence-electron chi connectivity index (χ2n) is 5.43. The van der Waals surface area contributed by atoms with Crippen LogP contribution in [0.25, 0.3) is 0 Å². The lowest BCUT2D eigenvalue weighted by Gasteiger charge is -2.34. The van der Waals surface area contributed by atoms with Crippen molar-refractivity contribution in [1.82, 2.24) is 14.8 Å². The minimum atomic E-state index is 0.409. The molecule has 0 radical (unpaired) electrons. The summed E-state index contributed by atoms with van der Waals surface area (Å²) in [5.74, 6) is 1.44. The highest BCUT2D eigenvalue weighted by atomic mass is 79.9. The highest BCUT2D eigenvalue weighted by Gasteiger charge is 2.26. The van der Waals surface area contributed by atoms with Crippen molar-refractivity contribution in [3.8, 4) is 6.07 Å². The molecule has 0 unspecified atom stereocenters. The zero-order valence-corrected chi connectivity index (χ0v) is 14.5. The van der Waals surface area contributed by atoms with E-state index in [9.17, 15) is 5.26 Å². The van der Waals surface area contributed by atoms with E-state index < -0.39 is 0 Å². The van der Waals surface area contributed by atoms with E-state index in [1.165, 1.54) is 0 Å². The van der Waals surface area contributed by atoms with Crippen molar-refractivity contribution in [2.24, 2.45) is 7.05 Å². The Morgan fingerprint density at radius 2 is 2.09 bits per heavy atom. The van der Waals surface area contributed by atoms with Crippen LogP contribution < -0.4 is 4.90 Å². The molecule has 114 valence electrons. The van der Waals surface area contributed by atoms with Gasteiger partial charge < -0.3 is 9.47 Å². The third kappa shape index (κ3) is 2.71. The van der Waals surface area contributed by atoms with Gasteiger partial charge in [0.05, 0.1) is 16.3 Å². The highest BCUT2D eigenvalue weighted by molar-refractivity contribution is 9.10. The predicted molar refractivity (Wildman–Crippen MR) is 89.1 cm³/mol. The van der Waals surface area contributed by atoms with Crippen LogP contribution in [0, 0.1) is 11.3 Å². The van der Waals surface area contributed by atoms with E-state index in [0.717, 1.165) is 41.9 Å². The smallest absolute Gasteiger partial charge is 0.135 e. The number of halogens is 2. The maximum Gasteiger partial charge on any atom is 0.135 e. The summed E-state index contributed by atoms with van der Waals surface area (Å²) in [6, 6.07) is 5.87. The van der Waals surface area contributed by atoms with Crippen LogP contribution in [0.4, 0.5) is 5.69 Å². The molecule has 1 aliphatic rings. The minimum absolute atomic E-state index is 0.409. The Morgan fingerprint density at radius 1 is 1.36 bits per heavy atom. The lowest BCUT2D eigenvalue weighted by Crippen LogP contribution is -2.34. The molecule has 0 N–H and O–H groups in total. The molecule has 0 bridgehead atoms. The summed E-state index contributed by atoms with van der Waals surface area (Å²) in [7, 11) is 1.98. The average molecular weight is 381 g/mol. The molecule has 1 aliphatic heterocycles. The van der Waals surface area contributed by atoms with Crippen LogP contribution >= 0.6 is 27.5 Å². The molecule has 0 aliphatic carbocycles. The van der Waals surface area contributed by atoms with Crippen molar-refractivity contribution in [3.63, 3.8) is 0 Å². The Labute approximate surface area is 142 Å². The fraction of sp³-hybridized carbons (Fsp3) is 0.400. The molecule has 22 heavy (non-hydrogen) atoms. The van der Waals surface area contributed by atoms with Crippen LogP contribution in [-0.4, -0.2) is 27.9 Å². The van der Waals surface area contributed by atoms with Gasteiger partial charge in [-0.3, -0.25) is 0 Å². The summed E-state index contributed by atoms with van der Waals surface area (Å²) in [6.07, 6.45) is 3.70. The van der Waals surface area contributed by atoms with Gasteiger partial charge in [0.15, 0.2) is 0 Å². The maximum atomic E-state index is 9.39. The van der Waals surface area contributed by atoms with Crippen molar-refractivity contribution >= 4 is 33.2 Å². The lowest BCUT2D eigenvalue weighted by molar-refractivity contribution is 0.474. The number of piperidine rings is 1. The average Bonchev–Trinajstić information content (AvgIpc) is 2.95. The Bertz CT molecular complexity index is 728. The maximum absolute atomic E-state index is 9.39. The number of hydrogen-bond donors (Lipinski definition) is 0. The van der Waals surface area contributed by atoms with E-state index in [4.69, 9.17) is 11.6 Å². The van der Waals surface area contributed by atoms with Gasteiger partial charge in [0, 0.05) is 30.5 Å². The molecule has 1 fully saturated rings. The molecule has 0 atom stereocenters. The zero-order chi connectivity index (χ0) is 15.7. The Hall–Kier alpha value is -1.58. The number of nitrogens with zero attached hydrogens (tertiary/aromatic N) is 5. The number of aromatic nitrogens is 3. The van der Waals surface area contributed by atoms with Gasteiger partial charge in [0.1, 0.15) is 18.2 Å². The molecule has 0 amide bonds. The Kier molecular flexibility index (Phi) is 4.37. The largest absolute Gasteiger partial charge is 0.369 e. The van der Waals surface area contributed by atoms with Crippen LogP contribution in [0.3, 0.4) is 0 Å². The van der Waals surface area contributed by atoms with Crippen molar-refractivity contribution < 1.29 is 0 Å². The molecular weight excluding hydrogens is 366 g/mol. The van der Waals surface area contributed by atoms with Crippen molar-refractivity contribution in [3.05, 3.63) is 39.3 Å².